The summed E-state index contributed by atoms with van der Waals surface area (Å²) in [6, 6.07) is 4.88. The summed E-state index contributed by atoms with van der Waals surface area (Å²) in [5, 5.41) is 5.59. The molecule has 2 aliphatic heterocycles. The average Bonchev–Trinajstić information content (AvgIpc) is 3.48. The maximum atomic E-state index is 13.1. The van der Waals surface area contributed by atoms with E-state index >= 15 is 0 Å². The Morgan fingerprint density at radius 1 is 1.10 bits per heavy atom. The Morgan fingerprint density at radius 3 is 2.62 bits per heavy atom. The van der Waals surface area contributed by atoms with E-state index in [-0.39, 0.29) is 10.9 Å². The summed E-state index contributed by atoms with van der Waals surface area (Å²) >= 11 is 2.92. The molecule has 2 aliphatic rings. The molecular formula is C18H17N5O3S3. The van der Waals surface area contributed by atoms with Crippen LogP contribution in [0.25, 0.3) is 10.2 Å². The molecule has 11 heteroatoms. The van der Waals surface area contributed by atoms with E-state index in [0.717, 1.165) is 26.4 Å². The first-order valence-electron chi connectivity index (χ1n) is 8.95. The molecule has 8 nitrogen and oxygen atoms in total. The minimum atomic E-state index is -3.58. The highest BCUT2D eigenvalue weighted by Crippen LogP contribution is 2.31. The number of urea groups is 1. The van der Waals surface area contributed by atoms with Gasteiger partial charge in [0.25, 0.3) is 0 Å². The van der Waals surface area contributed by atoms with E-state index in [4.69, 9.17) is 0 Å². The SMILES string of the molecule is O=C(NCc1nccs1)N1CC2=C(C1)CN(S(=O)(=O)c1ccc3ncsc3c1)C2. The number of carbonyl (C=O) groups is 1. The molecule has 0 saturated carbocycles. The number of aromatic nitrogens is 2. The first-order chi connectivity index (χ1) is 14.0. The fourth-order valence-corrected chi connectivity index (χ4v) is 6.41. The third kappa shape index (κ3) is 3.44. The van der Waals surface area contributed by atoms with Crippen molar-refractivity contribution in [2.24, 2.45) is 0 Å². The van der Waals surface area contributed by atoms with Crippen molar-refractivity contribution in [3.8, 4) is 0 Å². The first kappa shape index (κ1) is 18.7. The normalized spacial score (nSPS) is 17.3. The van der Waals surface area contributed by atoms with Crippen LogP contribution in [0.3, 0.4) is 0 Å². The standard InChI is InChI=1S/C18H17N5O3S3/c24-18(20-6-17-19-3-4-27-17)22-7-12-9-23(10-13(12)8-22)29(25,26)14-1-2-15-16(5-14)28-11-21-15/h1-5,11H,6-10H2,(H,20,24). The number of rotatable bonds is 4. The van der Waals surface area contributed by atoms with Gasteiger partial charge in [-0.2, -0.15) is 4.31 Å². The Morgan fingerprint density at radius 2 is 1.90 bits per heavy atom. The van der Waals surface area contributed by atoms with Gasteiger partial charge >= 0.3 is 6.03 Å². The van der Waals surface area contributed by atoms with Crippen molar-refractivity contribution in [1.82, 2.24) is 24.5 Å². The molecule has 0 fully saturated rings. The van der Waals surface area contributed by atoms with Crippen LogP contribution in [-0.2, 0) is 16.6 Å². The first-order valence-corrected chi connectivity index (χ1v) is 12.1. The number of thiazole rings is 2. The molecule has 0 saturated heterocycles. The van der Waals surface area contributed by atoms with Crippen LogP contribution in [0, 0.1) is 0 Å². The average molecular weight is 448 g/mol. The Kier molecular flexibility index (Phi) is 4.62. The van der Waals surface area contributed by atoms with Gasteiger partial charge in [0, 0.05) is 37.8 Å². The minimum absolute atomic E-state index is 0.153. The fraction of sp³-hybridized carbons (Fsp3) is 0.278. The third-order valence-corrected chi connectivity index (χ3v) is 8.46. The second-order valence-corrected chi connectivity index (χ2v) is 10.7. The summed E-state index contributed by atoms with van der Waals surface area (Å²) in [6.45, 7) is 1.97. The summed E-state index contributed by atoms with van der Waals surface area (Å²) in [5.74, 6) is 0. The lowest BCUT2D eigenvalue weighted by Crippen LogP contribution is -2.41. The highest BCUT2D eigenvalue weighted by Gasteiger charge is 2.37. The summed E-state index contributed by atoms with van der Waals surface area (Å²) in [7, 11) is -3.58. The monoisotopic (exact) mass is 447 g/mol. The van der Waals surface area contributed by atoms with Crippen molar-refractivity contribution < 1.29 is 13.2 Å². The van der Waals surface area contributed by atoms with Crippen LogP contribution in [0.15, 0.2) is 51.3 Å². The summed E-state index contributed by atoms with van der Waals surface area (Å²) < 4.78 is 28.5. The molecule has 0 spiro atoms. The van der Waals surface area contributed by atoms with Crippen LogP contribution in [0.2, 0.25) is 0 Å². The minimum Gasteiger partial charge on any atom is -0.331 e. The van der Waals surface area contributed by atoms with Crippen molar-refractivity contribution in [1.29, 1.82) is 0 Å². The number of sulfonamides is 1. The van der Waals surface area contributed by atoms with Crippen molar-refractivity contribution in [2.75, 3.05) is 26.2 Å². The van der Waals surface area contributed by atoms with Gasteiger partial charge in [0.1, 0.15) is 5.01 Å². The second kappa shape index (κ2) is 7.17. The molecule has 0 aliphatic carbocycles. The van der Waals surface area contributed by atoms with E-state index in [1.54, 1.807) is 34.8 Å². The number of nitrogens with zero attached hydrogens (tertiary/aromatic N) is 4. The van der Waals surface area contributed by atoms with E-state index in [1.165, 1.54) is 27.0 Å². The van der Waals surface area contributed by atoms with Gasteiger partial charge in [-0.3, -0.25) is 0 Å². The number of carbonyl (C=O) groups excluding carboxylic acids is 1. The highest BCUT2D eigenvalue weighted by atomic mass is 32.2. The highest BCUT2D eigenvalue weighted by molar-refractivity contribution is 7.89. The molecule has 150 valence electrons. The van der Waals surface area contributed by atoms with Gasteiger partial charge in [0.05, 0.1) is 27.2 Å². The zero-order valence-corrected chi connectivity index (χ0v) is 17.7. The molecule has 29 heavy (non-hydrogen) atoms. The van der Waals surface area contributed by atoms with Gasteiger partial charge in [-0.15, -0.1) is 22.7 Å². The molecule has 2 aromatic heterocycles. The van der Waals surface area contributed by atoms with Crippen molar-refractivity contribution in [3.63, 3.8) is 0 Å². The van der Waals surface area contributed by atoms with Crippen LogP contribution in [-0.4, -0.2) is 59.8 Å². The number of amides is 2. The van der Waals surface area contributed by atoms with Crippen LogP contribution in [0.4, 0.5) is 4.79 Å². The van der Waals surface area contributed by atoms with Gasteiger partial charge in [-0.05, 0) is 29.3 Å². The Labute approximate surface area is 175 Å². The summed E-state index contributed by atoms with van der Waals surface area (Å²) in [6.07, 6.45) is 1.71. The van der Waals surface area contributed by atoms with E-state index in [2.05, 4.69) is 15.3 Å². The molecule has 0 bridgehead atoms. The topological polar surface area (TPSA) is 95.5 Å². The van der Waals surface area contributed by atoms with E-state index in [0.29, 0.717) is 32.7 Å². The molecule has 0 unspecified atom stereocenters. The maximum absolute atomic E-state index is 13.1. The van der Waals surface area contributed by atoms with Crippen LogP contribution < -0.4 is 5.32 Å². The van der Waals surface area contributed by atoms with Gasteiger partial charge in [0.2, 0.25) is 10.0 Å². The number of fused-ring (bicyclic) bond motifs is 1. The van der Waals surface area contributed by atoms with E-state index in [1.807, 2.05) is 5.38 Å². The smallest absolute Gasteiger partial charge is 0.318 e. The number of hydrogen-bond acceptors (Lipinski definition) is 7. The molecule has 1 aromatic carbocycles. The predicted octanol–water partition coefficient (Wildman–Crippen LogP) is 2.28. The summed E-state index contributed by atoms with van der Waals surface area (Å²) in [5.41, 5.74) is 4.53. The number of nitrogens with one attached hydrogen (secondary N) is 1. The van der Waals surface area contributed by atoms with Crippen molar-refractivity contribution in [3.05, 3.63) is 51.4 Å². The Hall–Kier alpha value is -2.34. The molecule has 4 heterocycles. The van der Waals surface area contributed by atoms with Crippen LogP contribution >= 0.6 is 22.7 Å². The fourth-order valence-electron chi connectivity index (χ4n) is 3.61. The predicted molar refractivity (Wildman–Crippen MR) is 111 cm³/mol. The van der Waals surface area contributed by atoms with E-state index in [9.17, 15) is 13.2 Å². The van der Waals surface area contributed by atoms with E-state index < -0.39 is 10.0 Å². The zero-order valence-electron chi connectivity index (χ0n) is 15.2. The number of benzene rings is 1. The van der Waals surface area contributed by atoms with Gasteiger partial charge in [-0.25, -0.2) is 23.2 Å². The third-order valence-electron chi connectivity index (χ3n) is 5.10. The summed E-state index contributed by atoms with van der Waals surface area (Å²) in [4.78, 5) is 22.7. The van der Waals surface area contributed by atoms with Crippen molar-refractivity contribution >= 4 is 48.9 Å². The molecule has 0 radical (unpaired) electrons. The number of hydrogen-bond donors (Lipinski definition) is 1. The van der Waals surface area contributed by atoms with Crippen LogP contribution in [0.5, 0.6) is 0 Å². The van der Waals surface area contributed by atoms with Gasteiger partial charge in [-0.1, -0.05) is 0 Å². The Balaban J connectivity index is 1.23. The second-order valence-electron chi connectivity index (χ2n) is 6.90. The molecular weight excluding hydrogens is 430 g/mol. The van der Waals surface area contributed by atoms with Crippen LogP contribution in [0.1, 0.15) is 5.01 Å². The van der Waals surface area contributed by atoms with Crippen molar-refractivity contribution in [2.45, 2.75) is 11.4 Å². The molecule has 5 rings (SSSR count). The largest absolute Gasteiger partial charge is 0.331 e. The Bertz CT molecular complexity index is 1200. The molecule has 1 N–H and O–H groups in total. The molecule has 0 atom stereocenters. The van der Waals surface area contributed by atoms with Gasteiger partial charge < -0.3 is 10.2 Å². The van der Waals surface area contributed by atoms with Gasteiger partial charge in [0.15, 0.2) is 0 Å². The quantitative estimate of drug-likeness (QED) is 0.619. The lowest BCUT2D eigenvalue weighted by atomic mass is 10.2. The molecule has 2 amide bonds. The maximum Gasteiger partial charge on any atom is 0.318 e. The zero-order chi connectivity index (χ0) is 20.0. The lowest BCUT2D eigenvalue weighted by molar-refractivity contribution is 0.208. The molecule has 3 aromatic rings. The lowest BCUT2D eigenvalue weighted by Gasteiger charge is -2.23.